The molecule has 0 aromatic carbocycles. The predicted molar refractivity (Wildman–Crippen MR) is 50.6 cm³/mol. The van der Waals surface area contributed by atoms with Crippen LogP contribution in [-0.4, -0.2) is 22.6 Å². The minimum absolute atomic E-state index is 0.108. The van der Waals surface area contributed by atoms with Gasteiger partial charge >= 0.3 is 0 Å². The largest absolute Gasteiger partial charge is 0.348 e. The Bertz CT molecular complexity index is 308. The molecule has 0 aliphatic carbocycles. The quantitative estimate of drug-likeness (QED) is 0.678. The van der Waals surface area contributed by atoms with Crippen molar-refractivity contribution < 1.29 is 4.79 Å². The second-order valence-electron chi connectivity index (χ2n) is 2.81. The molecule has 4 heteroatoms. The molecule has 1 aromatic rings. The van der Waals surface area contributed by atoms with Crippen molar-refractivity contribution in [3.8, 4) is 0 Å². The molecule has 0 radical (unpaired) electrons. The highest BCUT2D eigenvalue weighted by molar-refractivity contribution is 5.96. The molecule has 0 aliphatic heterocycles. The number of rotatable bonds is 3. The first-order chi connectivity index (χ1) is 6.16. The van der Waals surface area contributed by atoms with Gasteiger partial charge in [-0.3, -0.25) is 9.89 Å². The first-order valence-corrected chi connectivity index (χ1v) is 4.07. The van der Waals surface area contributed by atoms with Gasteiger partial charge in [0, 0.05) is 12.2 Å². The zero-order valence-electron chi connectivity index (χ0n) is 7.85. The number of aromatic nitrogens is 2. The summed E-state index contributed by atoms with van der Waals surface area (Å²) in [4.78, 5) is 11.5. The van der Waals surface area contributed by atoms with E-state index in [2.05, 4.69) is 22.1 Å². The van der Waals surface area contributed by atoms with Crippen LogP contribution in [-0.2, 0) is 0 Å². The summed E-state index contributed by atoms with van der Waals surface area (Å²) in [6, 6.07) is 0. The molecule has 0 unspecified atom stereocenters. The van der Waals surface area contributed by atoms with E-state index < -0.39 is 0 Å². The molecule has 0 atom stereocenters. The van der Waals surface area contributed by atoms with Gasteiger partial charge in [-0.2, -0.15) is 5.10 Å². The van der Waals surface area contributed by atoms with Crippen LogP contribution in [0.1, 0.15) is 21.7 Å². The SMILES string of the molecule is C=CCNC(=O)c1c(C)n[nH]c1C. The van der Waals surface area contributed by atoms with E-state index in [1.165, 1.54) is 0 Å². The summed E-state index contributed by atoms with van der Waals surface area (Å²) in [7, 11) is 0. The third-order valence-corrected chi connectivity index (χ3v) is 1.76. The summed E-state index contributed by atoms with van der Waals surface area (Å²) in [6.45, 7) is 7.62. The fraction of sp³-hybridized carbons (Fsp3) is 0.333. The molecule has 1 heterocycles. The predicted octanol–water partition coefficient (Wildman–Crippen LogP) is 0.942. The van der Waals surface area contributed by atoms with Crippen molar-refractivity contribution >= 4 is 5.91 Å². The molecule has 0 bridgehead atoms. The molecule has 1 aromatic heterocycles. The highest BCUT2D eigenvalue weighted by Gasteiger charge is 2.13. The molecule has 70 valence electrons. The van der Waals surface area contributed by atoms with Crippen LogP contribution in [0.2, 0.25) is 0 Å². The lowest BCUT2D eigenvalue weighted by Crippen LogP contribution is -2.24. The summed E-state index contributed by atoms with van der Waals surface area (Å²) in [6.07, 6.45) is 1.64. The zero-order valence-corrected chi connectivity index (χ0v) is 7.85. The lowest BCUT2D eigenvalue weighted by atomic mass is 10.2. The van der Waals surface area contributed by atoms with E-state index in [0.29, 0.717) is 12.1 Å². The van der Waals surface area contributed by atoms with E-state index in [0.717, 1.165) is 11.4 Å². The first-order valence-electron chi connectivity index (χ1n) is 4.07. The number of aryl methyl sites for hydroxylation is 2. The van der Waals surface area contributed by atoms with E-state index in [-0.39, 0.29) is 5.91 Å². The van der Waals surface area contributed by atoms with Gasteiger partial charge in [-0.15, -0.1) is 6.58 Å². The van der Waals surface area contributed by atoms with Crippen LogP contribution in [0.4, 0.5) is 0 Å². The number of nitrogens with zero attached hydrogens (tertiary/aromatic N) is 1. The Balaban J connectivity index is 2.81. The van der Waals surface area contributed by atoms with Crippen molar-refractivity contribution in [3.05, 3.63) is 29.6 Å². The number of carbonyl (C=O) groups is 1. The molecule has 2 N–H and O–H groups in total. The van der Waals surface area contributed by atoms with Gasteiger partial charge in [-0.05, 0) is 13.8 Å². The minimum Gasteiger partial charge on any atom is -0.348 e. The highest BCUT2D eigenvalue weighted by Crippen LogP contribution is 2.08. The Hall–Kier alpha value is -1.58. The van der Waals surface area contributed by atoms with Gasteiger partial charge in [0.25, 0.3) is 5.91 Å². The van der Waals surface area contributed by atoms with Crippen LogP contribution in [0, 0.1) is 13.8 Å². The van der Waals surface area contributed by atoms with Crippen LogP contribution in [0.3, 0.4) is 0 Å². The molecule has 1 rings (SSSR count). The van der Waals surface area contributed by atoms with Crippen LogP contribution in [0.5, 0.6) is 0 Å². The lowest BCUT2D eigenvalue weighted by molar-refractivity contribution is 0.0957. The number of hydrogen-bond acceptors (Lipinski definition) is 2. The van der Waals surface area contributed by atoms with E-state index in [1.807, 2.05) is 6.92 Å². The molecule has 4 nitrogen and oxygen atoms in total. The topological polar surface area (TPSA) is 57.8 Å². The van der Waals surface area contributed by atoms with Crippen molar-refractivity contribution in [2.75, 3.05) is 6.54 Å². The van der Waals surface area contributed by atoms with Crippen LogP contribution >= 0.6 is 0 Å². The minimum atomic E-state index is -0.108. The van der Waals surface area contributed by atoms with Crippen molar-refractivity contribution in [2.24, 2.45) is 0 Å². The normalized spacial score (nSPS) is 9.69. The molecule has 1 amide bonds. The van der Waals surface area contributed by atoms with E-state index in [1.54, 1.807) is 13.0 Å². The van der Waals surface area contributed by atoms with Crippen molar-refractivity contribution in [2.45, 2.75) is 13.8 Å². The second kappa shape index (κ2) is 3.89. The van der Waals surface area contributed by atoms with Crippen molar-refractivity contribution in [1.82, 2.24) is 15.5 Å². The van der Waals surface area contributed by atoms with Crippen LogP contribution < -0.4 is 5.32 Å². The maximum Gasteiger partial charge on any atom is 0.255 e. The number of H-pyrrole nitrogens is 1. The standard InChI is InChI=1S/C9H13N3O/c1-4-5-10-9(13)8-6(2)11-12-7(8)3/h4H,1,5H2,2-3H3,(H,10,13)(H,11,12). The number of amides is 1. The van der Waals surface area contributed by atoms with Gasteiger partial charge in [0.1, 0.15) is 0 Å². The fourth-order valence-corrected chi connectivity index (χ4v) is 1.14. The van der Waals surface area contributed by atoms with E-state index >= 15 is 0 Å². The summed E-state index contributed by atoms with van der Waals surface area (Å²) in [5.74, 6) is -0.108. The Morgan fingerprint density at radius 2 is 2.38 bits per heavy atom. The molecule has 0 aliphatic rings. The Morgan fingerprint density at radius 1 is 1.69 bits per heavy atom. The highest BCUT2D eigenvalue weighted by atomic mass is 16.1. The number of hydrogen-bond donors (Lipinski definition) is 2. The smallest absolute Gasteiger partial charge is 0.255 e. The molecule has 13 heavy (non-hydrogen) atoms. The fourth-order valence-electron chi connectivity index (χ4n) is 1.14. The first kappa shape index (κ1) is 9.51. The molecule has 0 saturated heterocycles. The van der Waals surface area contributed by atoms with Gasteiger partial charge in [-0.25, -0.2) is 0 Å². The summed E-state index contributed by atoms with van der Waals surface area (Å²) >= 11 is 0. The summed E-state index contributed by atoms with van der Waals surface area (Å²) in [5.41, 5.74) is 2.14. The third kappa shape index (κ3) is 1.96. The summed E-state index contributed by atoms with van der Waals surface area (Å²) in [5, 5.41) is 9.39. The van der Waals surface area contributed by atoms with Crippen LogP contribution in [0.25, 0.3) is 0 Å². The maximum atomic E-state index is 11.5. The maximum absolute atomic E-state index is 11.5. The second-order valence-corrected chi connectivity index (χ2v) is 2.81. The van der Waals surface area contributed by atoms with E-state index in [9.17, 15) is 4.79 Å². The molecular formula is C9H13N3O. The van der Waals surface area contributed by atoms with Gasteiger partial charge < -0.3 is 5.32 Å². The van der Waals surface area contributed by atoms with Gasteiger partial charge in [-0.1, -0.05) is 6.08 Å². The monoisotopic (exact) mass is 179 g/mol. The number of carbonyl (C=O) groups excluding carboxylic acids is 1. The molecule has 0 saturated carbocycles. The van der Waals surface area contributed by atoms with Crippen molar-refractivity contribution in [1.29, 1.82) is 0 Å². The van der Waals surface area contributed by atoms with Gasteiger partial charge in [0.05, 0.1) is 11.3 Å². The Kier molecular flexibility index (Phi) is 2.84. The summed E-state index contributed by atoms with van der Waals surface area (Å²) < 4.78 is 0. The number of nitrogens with one attached hydrogen (secondary N) is 2. The van der Waals surface area contributed by atoms with Gasteiger partial charge in [0.15, 0.2) is 0 Å². The third-order valence-electron chi connectivity index (χ3n) is 1.76. The average Bonchev–Trinajstić information content (AvgIpc) is 2.42. The lowest BCUT2D eigenvalue weighted by Gasteiger charge is -2.01. The zero-order chi connectivity index (χ0) is 9.84. The molecular weight excluding hydrogens is 166 g/mol. The van der Waals surface area contributed by atoms with Gasteiger partial charge in [0.2, 0.25) is 0 Å². The van der Waals surface area contributed by atoms with Crippen LogP contribution in [0.15, 0.2) is 12.7 Å². The van der Waals surface area contributed by atoms with Crippen molar-refractivity contribution in [3.63, 3.8) is 0 Å². The molecule has 0 fully saturated rings. The Labute approximate surface area is 77.0 Å². The number of aromatic amines is 1. The average molecular weight is 179 g/mol. The van der Waals surface area contributed by atoms with E-state index in [4.69, 9.17) is 0 Å². The molecule has 0 spiro atoms. The Morgan fingerprint density at radius 3 is 2.85 bits per heavy atom.